The van der Waals surface area contributed by atoms with Crippen molar-refractivity contribution in [3.05, 3.63) is 30.0 Å². The van der Waals surface area contributed by atoms with Crippen LogP contribution in [0.3, 0.4) is 0 Å². The molecule has 0 aliphatic rings. The van der Waals surface area contributed by atoms with Crippen LogP contribution in [0.5, 0.6) is 0 Å². The number of carbonyl (C=O) groups excluding carboxylic acids is 1. The topological polar surface area (TPSA) is 54.1 Å². The predicted octanol–water partition coefficient (Wildman–Crippen LogP) is 2.65. The molecule has 2 aromatic rings. The van der Waals surface area contributed by atoms with Gasteiger partial charge in [-0.25, -0.2) is 4.79 Å². The molecule has 4 heteroatoms. The number of nitrogens with one attached hydrogen (secondary N) is 2. The maximum Gasteiger partial charge on any atom is 0.411 e. The van der Waals surface area contributed by atoms with Gasteiger partial charge in [0.15, 0.2) is 0 Å². The van der Waals surface area contributed by atoms with Gasteiger partial charge >= 0.3 is 6.09 Å². The van der Waals surface area contributed by atoms with Crippen molar-refractivity contribution in [2.24, 2.45) is 0 Å². The highest BCUT2D eigenvalue weighted by Gasteiger charge is 2.06. The van der Waals surface area contributed by atoms with E-state index in [1.807, 2.05) is 31.2 Å². The fourth-order valence-electron chi connectivity index (χ4n) is 1.56. The molecule has 0 aliphatic carbocycles. The summed E-state index contributed by atoms with van der Waals surface area (Å²) in [5.74, 6) is 0. The van der Waals surface area contributed by atoms with E-state index in [2.05, 4.69) is 15.0 Å². The van der Waals surface area contributed by atoms with Crippen molar-refractivity contribution in [1.29, 1.82) is 0 Å². The summed E-state index contributed by atoms with van der Waals surface area (Å²) in [5, 5.41) is 3.65. The summed E-state index contributed by atoms with van der Waals surface area (Å²) < 4.78 is 4.55. The van der Waals surface area contributed by atoms with E-state index < -0.39 is 6.09 Å². The van der Waals surface area contributed by atoms with Gasteiger partial charge in [-0.05, 0) is 25.1 Å². The molecule has 2 rings (SSSR count). The summed E-state index contributed by atoms with van der Waals surface area (Å²) in [6.07, 6.45) is -0.457. The minimum Gasteiger partial charge on any atom is -0.453 e. The van der Waals surface area contributed by atoms with Crippen LogP contribution in [0.15, 0.2) is 24.3 Å². The number of aryl methyl sites for hydroxylation is 1. The number of hydrogen-bond acceptors (Lipinski definition) is 2. The lowest BCUT2D eigenvalue weighted by atomic mass is 10.2. The maximum absolute atomic E-state index is 11.1. The molecule has 1 aromatic heterocycles. The van der Waals surface area contributed by atoms with E-state index in [4.69, 9.17) is 0 Å². The largest absolute Gasteiger partial charge is 0.453 e. The molecule has 0 saturated heterocycles. The molecule has 15 heavy (non-hydrogen) atoms. The van der Waals surface area contributed by atoms with Gasteiger partial charge in [0.2, 0.25) is 0 Å². The Morgan fingerprint density at radius 2 is 2.27 bits per heavy atom. The van der Waals surface area contributed by atoms with Gasteiger partial charge in [0, 0.05) is 16.6 Å². The lowest BCUT2D eigenvalue weighted by molar-refractivity contribution is 0.187. The lowest BCUT2D eigenvalue weighted by Gasteiger charge is -2.04. The first-order valence-electron chi connectivity index (χ1n) is 4.64. The third kappa shape index (κ3) is 1.79. The molecule has 1 heterocycles. The quantitative estimate of drug-likeness (QED) is 0.750. The monoisotopic (exact) mass is 204 g/mol. The minimum atomic E-state index is -0.457. The van der Waals surface area contributed by atoms with Crippen molar-refractivity contribution in [3.8, 4) is 0 Å². The van der Waals surface area contributed by atoms with Crippen LogP contribution in [0.1, 0.15) is 5.69 Å². The standard InChI is InChI=1S/C11H12N2O2/c1-7-6-8-9(12-7)4-3-5-10(8)13-11(14)15-2/h3-6,12H,1-2H3,(H,13,14). The van der Waals surface area contributed by atoms with E-state index in [-0.39, 0.29) is 0 Å². The van der Waals surface area contributed by atoms with Crippen LogP contribution >= 0.6 is 0 Å². The minimum absolute atomic E-state index is 0.457. The Morgan fingerprint density at radius 1 is 1.47 bits per heavy atom. The van der Waals surface area contributed by atoms with Gasteiger partial charge in [-0.2, -0.15) is 0 Å². The van der Waals surface area contributed by atoms with Gasteiger partial charge < -0.3 is 9.72 Å². The van der Waals surface area contributed by atoms with Gasteiger partial charge in [0.05, 0.1) is 12.8 Å². The molecular weight excluding hydrogens is 192 g/mol. The van der Waals surface area contributed by atoms with Crippen LogP contribution in [0, 0.1) is 6.92 Å². The summed E-state index contributed by atoms with van der Waals surface area (Å²) >= 11 is 0. The Hall–Kier alpha value is -1.97. The molecule has 0 fully saturated rings. The van der Waals surface area contributed by atoms with Crippen LogP contribution in [0.25, 0.3) is 10.9 Å². The number of anilines is 1. The average molecular weight is 204 g/mol. The van der Waals surface area contributed by atoms with Crippen molar-refractivity contribution in [1.82, 2.24) is 4.98 Å². The number of amides is 1. The van der Waals surface area contributed by atoms with Gasteiger partial charge in [-0.1, -0.05) is 6.07 Å². The van der Waals surface area contributed by atoms with E-state index in [9.17, 15) is 4.79 Å². The number of carbonyl (C=O) groups is 1. The van der Waals surface area contributed by atoms with Crippen molar-refractivity contribution in [2.45, 2.75) is 6.92 Å². The molecule has 0 bridgehead atoms. The number of benzene rings is 1. The van der Waals surface area contributed by atoms with Crippen molar-refractivity contribution in [2.75, 3.05) is 12.4 Å². The highest BCUT2D eigenvalue weighted by Crippen LogP contribution is 2.23. The smallest absolute Gasteiger partial charge is 0.411 e. The molecule has 78 valence electrons. The molecule has 0 saturated carbocycles. The highest BCUT2D eigenvalue weighted by atomic mass is 16.5. The first kappa shape index (κ1) is 9.58. The second kappa shape index (κ2) is 3.65. The number of aromatic amines is 1. The van der Waals surface area contributed by atoms with E-state index in [0.29, 0.717) is 0 Å². The highest BCUT2D eigenvalue weighted by molar-refractivity contribution is 5.99. The first-order valence-corrected chi connectivity index (χ1v) is 4.64. The van der Waals surface area contributed by atoms with Crippen LogP contribution < -0.4 is 5.32 Å². The van der Waals surface area contributed by atoms with Crippen molar-refractivity contribution >= 4 is 22.7 Å². The molecule has 0 aliphatic heterocycles. The zero-order valence-corrected chi connectivity index (χ0v) is 8.63. The number of ether oxygens (including phenoxy) is 1. The van der Waals surface area contributed by atoms with Crippen LogP contribution in [-0.4, -0.2) is 18.2 Å². The summed E-state index contributed by atoms with van der Waals surface area (Å²) in [7, 11) is 1.35. The van der Waals surface area contributed by atoms with Gasteiger partial charge in [-0.3, -0.25) is 5.32 Å². The molecule has 2 N–H and O–H groups in total. The number of rotatable bonds is 1. The Morgan fingerprint density at radius 3 is 3.00 bits per heavy atom. The third-order valence-corrected chi connectivity index (χ3v) is 2.22. The predicted molar refractivity (Wildman–Crippen MR) is 59.1 cm³/mol. The molecule has 4 nitrogen and oxygen atoms in total. The van der Waals surface area contributed by atoms with Gasteiger partial charge in [0.25, 0.3) is 0 Å². The Balaban J connectivity index is 2.46. The van der Waals surface area contributed by atoms with Gasteiger partial charge in [-0.15, -0.1) is 0 Å². The summed E-state index contributed by atoms with van der Waals surface area (Å²) in [5.41, 5.74) is 2.81. The molecule has 1 aromatic carbocycles. The van der Waals surface area contributed by atoms with Crippen molar-refractivity contribution < 1.29 is 9.53 Å². The third-order valence-electron chi connectivity index (χ3n) is 2.22. The second-order valence-corrected chi connectivity index (χ2v) is 3.34. The summed E-state index contributed by atoms with van der Waals surface area (Å²) in [6, 6.07) is 7.67. The number of methoxy groups -OCH3 is 1. The van der Waals surface area contributed by atoms with Gasteiger partial charge in [0.1, 0.15) is 0 Å². The zero-order chi connectivity index (χ0) is 10.8. The first-order chi connectivity index (χ1) is 7.20. The molecule has 0 spiro atoms. The zero-order valence-electron chi connectivity index (χ0n) is 8.63. The SMILES string of the molecule is COC(=O)Nc1cccc2[nH]c(C)cc12. The average Bonchev–Trinajstić information content (AvgIpc) is 2.59. The van der Waals surface area contributed by atoms with E-state index in [1.54, 1.807) is 0 Å². The summed E-state index contributed by atoms with van der Waals surface area (Å²) in [6.45, 7) is 1.97. The fourth-order valence-corrected chi connectivity index (χ4v) is 1.56. The Kier molecular flexibility index (Phi) is 2.33. The number of hydrogen-bond donors (Lipinski definition) is 2. The second-order valence-electron chi connectivity index (χ2n) is 3.34. The van der Waals surface area contributed by atoms with Crippen LogP contribution in [-0.2, 0) is 4.74 Å². The molecule has 0 unspecified atom stereocenters. The fraction of sp³-hybridized carbons (Fsp3) is 0.182. The van der Waals surface area contributed by atoms with E-state index in [1.165, 1.54) is 7.11 Å². The number of aromatic nitrogens is 1. The van der Waals surface area contributed by atoms with Crippen LogP contribution in [0.4, 0.5) is 10.5 Å². The van der Waals surface area contributed by atoms with E-state index in [0.717, 1.165) is 22.3 Å². The van der Waals surface area contributed by atoms with Crippen molar-refractivity contribution in [3.63, 3.8) is 0 Å². The summed E-state index contributed by atoms with van der Waals surface area (Å²) in [4.78, 5) is 14.3. The normalized spacial score (nSPS) is 10.3. The maximum atomic E-state index is 11.1. The number of fused-ring (bicyclic) bond motifs is 1. The van der Waals surface area contributed by atoms with Crippen LogP contribution in [0.2, 0.25) is 0 Å². The molecule has 1 amide bonds. The Labute approximate surface area is 87.2 Å². The lowest BCUT2D eigenvalue weighted by Crippen LogP contribution is -2.10. The van der Waals surface area contributed by atoms with E-state index >= 15 is 0 Å². The Bertz CT molecular complexity index is 502. The molecular formula is C11H12N2O2. The number of H-pyrrole nitrogens is 1. The molecule has 0 atom stereocenters. The molecule has 0 radical (unpaired) electrons.